The van der Waals surface area contributed by atoms with Gasteiger partial charge in [-0.2, -0.15) is 0 Å². The highest BCUT2D eigenvalue weighted by Crippen LogP contribution is 2.44. The summed E-state index contributed by atoms with van der Waals surface area (Å²) in [6, 6.07) is 9.75. The summed E-state index contributed by atoms with van der Waals surface area (Å²) in [7, 11) is 0. The molecule has 1 aromatic carbocycles. The highest BCUT2D eigenvalue weighted by Gasteiger charge is 2.51. The van der Waals surface area contributed by atoms with Crippen LogP contribution in [0.4, 0.5) is 0 Å². The highest BCUT2D eigenvalue weighted by atomic mass is 16.2. The van der Waals surface area contributed by atoms with Crippen molar-refractivity contribution in [1.82, 2.24) is 15.1 Å². The fourth-order valence-electron chi connectivity index (χ4n) is 6.51. The van der Waals surface area contributed by atoms with Crippen molar-refractivity contribution in [3.05, 3.63) is 35.4 Å². The second-order valence-electron chi connectivity index (χ2n) is 9.23. The maximum Gasteiger partial charge on any atom is 0.239 e. The molecule has 4 nitrogen and oxygen atoms in total. The number of aryl methyl sites for hydroxylation is 1. The molecule has 5 unspecified atom stereocenters. The van der Waals surface area contributed by atoms with Gasteiger partial charge in [-0.05, 0) is 81.5 Å². The van der Waals surface area contributed by atoms with Gasteiger partial charge in [-0.25, -0.2) is 0 Å². The third kappa shape index (κ3) is 3.11. The molecular formula is C23H33N3O. The van der Waals surface area contributed by atoms with Crippen LogP contribution in [0, 0.1) is 18.8 Å². The lowest BCUT2D eigenvalue weighted by Crippen LogP contribution is -2.68. The fraction of sp³-hybridized carbons (Fsp3) is 0.696. The van der Waals surface area contributed by atoms with Crippen molar-refractivity contribution < 1.29 is 4.79 Å². The number of fused-ring (bicyclic) bond motifs is 2. The first kappa shape index (κ1) is 17.7. The summed E-state index contributed by atoms with van der Waals surface area (Å²) < 4.78 is 0. The van der Waals surface area contributed by atoms with Crippen LogP contribution >= 0.6 is 0 Å². The molecule has 1 aromatic rings. The van der Waals surface area contributed by atoms with E-state index in [1.165, 1.54) is 56.3 Å². The van der Waals surface area contributed by atoms with Crippen molar-refractivity contribution in [2.45, 2.75) is 70.1 Å². The molecule has 4 saturated heterocycles. The van der Waals surface area contributed by atoms with Crippen molar-refractivity contribution in [1.29, 1.82) is 0 Å². The van der Waals surface area contributed by atoms with E-state index in [0.29, 0.717) is 17.9 Å². The van der Waals surface area contributed by atoms with Gasteiger partial charge < -0.3 is 10.2 Å². The number of piperidine rings is 4. The van der Waals surface area contributed by atoms with Crippen LogP contribution in [0.1, 0.15) is 49.7 Å². The van der Waals surface area contributed by atoms with Gasteiger partial charge in [-0.1, -0.05) is 24.3 Å². The van der Waals surface area contributed by atoms with Crippen LogP contribution in [0.2, 0.25) is 0 Å². The lowest BCUT2D eigenvalue weighted by Gasteiger charge is -2.59. The number of hydrogen-bond acceptors (Lipinski definition) is 3. The molecule has 4 heteroatoms. The van der Waals surface area contributed by atoms with Crippen molar-refractivity contribution >= 4 is 5.91 Å². The van der Waals surface area contributed by atoms with E-state index in [4.69, 9.17) is 0 Å². The van der Waals surface area contributed by atoms with E-state index in [2.05, 4.69) is 46.3 Å². The third-order valence-electron chi connectivity index (χ3n) is 7.80. The largest absolute Gasteiger partial charge is 0.338 e. The standard InChI is InChI=1S/C23H33N3O/c1-16-6-2-3-7-17(16)14-24-20-10-11-21-19-9-5-13-25-12-4-8-18(22(19)25)15-26(21)23(20)27/h2-3,6-7,18-22,24H,4-5,8-15H2,1H3. The van der Waals surface area contributed by atoms with Crippen LogP contribution in [-0.2, 0) is 11.3 Å². The Hall–Kier alpha value is -1.39. The molecule has 5 atom stereocenters. The maximum absolute atomic E-state index is 13.4. The molecule has 0 bridgehead atoms. The van der Waals surface area contributed by atoms with E-state index in [-0.39, 0.29) is 6.04 Å². The van der Waals surface area contributed by atoms with Gasteiger partial charge in [0.25, 0.3) is 0 Å². The van der Waals surface area contributed by atoms with Gasteiger partial charge in [0.2, 0.25) is 5.91 Å². The quantitative estimate of drug-likeness (QED) is 0.892. The molecule has 0 radical (unpaired) electrons. The monoisotopic (exact) mass is 367 g/mol. The fourth-order valence-corrected chi connectivity index (χ4v) is 6.51. The Morgan fingerprint density at radius 2 is 1.89 bits per heavy atom. The highest BCUT2D eigenvalue weighted by molar-refractivity contribution is 5.83. The summed E-state index contributed by atoms with van der Waals surface area (Å²) in [6.07, 6.45) is 7.46. The first-order chi connectivity index (χ1) is 13.2. The van der Waals surface area contributed by atoms with Gasteiger partial charge in [-0.3, -0.25) is 9.69 Å². The molecule has 0 aliphatic carbocycles. The van der Waals surface area contributed by atoms with Crippen LogP contribution in [0.25, 0.3) is 0 Å². The molecule has 27 heavy (non-hydrogen) atoms. The Balaban J connectivity index is 1.30. The molecule has 0 aromatic heterocycles. The Morgan fingerprint density at radius 3 is 2.74 bits per heavy atom. The number of rotatable bonds is 3. The summed E-state index contributed by atoms with van der Waals surface area (Å²) in [6.45, 7) is 6.53. The molecule has 5 rings (SSSR count). The maximum atomic E-state index is 13.4. The van der Waals surface area contributed by atoms with Gasteiger partial charge in [0.15, 0.2) is 0 Å². The second-order valence-corrected chi connectivity index (χ2v) is 9.23. The first-order valence-electron chi connectivity index (χ1n) is 11.0. The van der Waals surface area contributed by atoms with Crippen molar-refractivity contribution in [3.63, 3.8) is 0 Å². The van der Waals surface area contributed by atoms with Crippen LogP contribution in [0.5, 0.6) is 0 Å². The molecule has 4 aliphatic rings. The summed E-state index contributed by atoms with van der Waals surface area (Å²) in [5, 5.41) is 3.59. The summed E-state index contributed by atoms with van der Waals surface area (Å²) >= 11 is 0. The minimum absolute atomic E-state index is 0.000639. The zero-order valence-corrected chi connectivity index (χ0v) is 16.6. The average Bonchev–Trinajstić information content (AvgIpc) is 2.69. The lowest BCUT2D eigenvalue weighted by molar-refractivity contribution is -0.154. The SMILES string of the molecule is Cc1ccccc1CNC1CCC2C3CCCN4CCCC(CN2C1=O)C34. The number of nitrogens with zero attached hydrogens (tertiary/aromatic N) is 2. The summed E-state index contributed by atoms with van der Waals surface area (Å²) in [5.41, 5.74) is 2.61. The van der Waals surface area contributed by atoms with Crippen LogP contribution in [0.3, 0.4) is 0 Å². The van der Waals surface area contributed by atoms with Gasteiger partial charge in [-0.15, -0.1) is 0 Å². The Morgan fingerprint density at radius 1 is 1.07 bits per heavy atom. The van der Waals surface area contributed by atoms with Crippen molar-refractivity contribution in [2.24, 2.45) is 11.8 Å². The number of carbonyl (C=O) groups is 1. The molecule has 146 valence electrons. The zero-order chi connectivity index (χ0) is 18.4. The van der Waals surface area contributed by atoms with Gasteiger partial charge in [0.1, 0.15) is 0 Å². The molecule has 0 spiro atoms. The molecular weight excluding hydrogens is 334 g/mol. The number of benzene rings is 1. The number of carbonyl (C=O) groups excluding carboxylic acids is 1. The third-order valence-corrected chi connectivity index (χ3v) is 7.80. The summed E-state index contributed by atoms with van der Waals surface area (Å²) in [5.74, 6) is 1.81. The van der Waals surface area contributed by atoms with E-state index < -0.39 is 0 Å². The number of hydrogen-bond donors (Lipinski definition) is 1. The number of nitrogens with one attached hydrogen (secondary N) is 1. The summed E-state index contributed by atoms with van der Waals surface area (Å²) in [4.78, 5) is 18.4. The van der Waals surface area contributed by atoms with E-state index >= 15 is 0 Å². The second kappa shape index (κ2) is 7.21. The topological polar surface area (TPSA) is 35.6 Å². The minimum atomic E-state index is 0.000639. The van der Waals surface area contributed by atoms with Crippen molar-refractivity contribution in [2.75, 3.05) is 19.6 Å². The van der Waals surface area contributed by atoms with E-state index in [0.717, 1.165) is 31.5 Å². The molecule has 1 amide bonds. The van der Waals surface area contributed by atoms with Gasteiger partial charge >= 0.3 is 0 Å². The first-order valence-corrected chi connectivity index (χ1v) is 11.0. The van der Waals surface area contributed by atoms with Crippen LogP contribution in [-0.4, -0.2) is 53.5 Å². The Labute approximate surface area is 163 Å². The Kier molecular flexibility index (Phi) is 4.73. The average molecular weight is 368 g/mol. The predicted molar refractivity (Wildman–Crippen MR) is 107 cm³/mol. The van der Waals surface area contributed by atoms with E-state index in [1.54, 1.807) is 0 Å². The molecule has 4 heterocycles. The van der Waals surface area contributed by atoms with Crippen LogP contribution in [0.15, 0.2) is 24.3 Å². The normalized spacial score (nSPS) is 36.3. The Bertz CT molecular complexity index is 703. The zero-order valence-electron chi connectivity index (χ0n) is 16.6. The smallest absolute Gasteiger partial charge is 0.239 e. The van der Waals surface area contributed by atoms with E-state index in [1.807, 2.05) is 0 Å². The predicted octanol–water partition coefficient (Wildman–Crippen LogP) is 2.95. The molecule has 4 fully saturated rings. The molecule has 0 saturated carbocycles. The van der Waals surface area contributed by atoms with Crippen LogP contribution < -0.4 is 5.32 Å². The lowest BCUT2D eigenvalue weighted by atomic mass is 9.67. The van der Waals surface area contributed by atoms with Gasteiger partial charge in [0, 0.05) is 25.2 Å². The van der Waals surface area contributed by atoms with E-state index in [9.17, 15) is 4.79 Å². The minimum Gasteiger partial charge on any atom is -0.338 e. The molecule has 1 N–H and O–H groups in total. The van der Waals surface area contributed by atoms with Crippen molar-refractivity contribution in [3.8, 4) is 0 Å². The number of amides is 1. The molecule has 4 aliphatic heterocycles. The van der Waals surface area contributed by atoms with Gasteiger partial charge in [0.05, 0.1) is 6.04 Å².